The molecule has 0 N–H and O–H groups in total. The van der Waals surface area contributed by atoms with Gasteiger partial charge in [0.2, 0.25) is 9.05 Å². The first-order valence-corrected chi connectivity index (χ1v) is 7.90. The van der Waals surface area contributed by atoms with Crippen molar-refractivity contribution in [2.45, 2.75) is 25.0 Å². The van der Waals surface area contributed by atoms with E-state index in [1.807, 2.05) is 6.07 Å². The van der Waals surface area contributed by atoms with E-state index in [1.165, 1.54) is 0 Å². The van der Waals surface area contributed by atoms with E-state index < -0.39 is 14.3 Å². The highest BCUT2D eigenvalue weighted by molar-refractivity contribution is 8.14. The van der Waals surface area contributed by atoms with E-state index in [2.05, 4.69) is 0 Å². The fourth-order valence-corrected chi connectivity index (χ4v) is 2.24. The van der Waals surface area contributed by atoms with Gasteiger partial charge in [0.05, 0.1) is 19.5 Å². The molecule has 0 aliphatic heterocycles. The van der Waals surface area contributed by atoms with Gasteiger partial charge < -0.3 is 9.47 Å². The maximum Gasteiger partial charge on any atom is 0.235 e. The van der Waals surface area contributed by atoms with Crippen LogP contribution in [-0.4, -0.2) is 27.9 Å². The third kappa shape index (κ3) is 4.07. The average molecular weight is 293 g/mol. The summed E-state index contributed by atoms with van der Waals surface area (Å²) in [6.07, 6.45) is 1.00. The van der Waals surface area contributed by atoms with Crippen LogP contribution in [0.5, 0.6) is 11.5 Å². The molecule has 0 aliphatic rings. The van der Waals surface area contributed by atoms with Gasteiger partial charge in [-0.05, 0) is 43.5 Å². The number of ether oxygens (including phenoxy) is 2. The van der Waals surface area contributed by atoms with Crippen molar-refractivity contribution in [3.63, 3.8) is 0 Å². The summed E-state index contributed by atoms with van der Waals surface area (Å²) in [7, 11) is 4.95. The van der Waals surface area contributed by atoms with Crippen molar-refractivity contribution in [1.29, 1.82) is 0 Å². The second-order valence-corrected chi connectivity index (χ2v) is 7.05. The predicted octanol–water partition coefficient (Wildman–Crippen LogP) is 2.59. The van der Waals surface area contributed by atoms with Gasteiger partial charge in [-0.1, -0.05) is 0 Å². The van der Waals surface area contributed by atoms with Crippen LogP contribution >= 0.6 is 10.7 Å². The summed E-state index contributed by atoms with van der Waals surface area (Å²) >= 11 is 0. The van der Waals surface area contributed by atoms with Crippen molar-refractivity contribution >= 4 is 19.7 Å². The van der Waals surface area contributed by atoms with Crippen LogP contribution in [0.15, 0.2) is 18.2 Å². The van der Waals surface area contributed by atoms with E-state index >= 15 is 0 Å². The molecule has 4 nitrogen and oxygen atoms in total. The molecule has 18 heavy (non-hydrogen) atoms. The Morgan fingerprint density at radius 2 is 1.94 bits per heavy atom. The lowest BCUT2D eigenvalue weighted by atomic mass is 10.1. The van der Waals surface area contributed by atoms with Gasteiger partial charge in [0.15, 0.2) is 0 Å². The number of hydrogen-bond donors (Lipinski definition) is 0. The topological polar surface area (TPSA) is 52.6 Å². The number of hydrogen-bond acceptors (Lipinski definition) is 4. The third-order valence-electron chi connectivity index (χ3n) is 2.79. The summed E-state index contributed by atoms with van der Waals surface area (Å²) in [6, 6.07) is 5.44. The lowest BCUT2D eigenvalue weighted by Crippen LogP contribution is -2.12. The second-order valence-electron chi connectivity index (χ2n) is 4.00. The summed E-state index contributed by atoms with van der Waals surface area (Å²) in [5.41, 5.74) is 0.906. The van der Waals surface area contributed by atoms with Gasteiger partial charge in [-0.3, -0.25) is 0 Å². The van der Waals surface area contributed by atoms with Gasteiger partial charge in [0, 0.05) is 10.7 Å². The average Bonchev–Trinajstić information content (AvgIpc) is 2.34. The minimum Gasteiger partial charge on any atom is -0.497 e. The number of aryl methyl sites for hydroxylation is 1. The molecule has 0 heterocycles. The Balaban J connectivity index is 2.83. The van der Waals surface area contributed by atoms with E-state index in [4.69, 9.17) is 20.2 Å². The van der Waals surface area contributed by atoms with E-state index in [9.17, 15) is 8.42 Å². The lowest BCUT2D eigenvalue weighted by Gasteiger charge is -2.12. The Morgan fingerprint density at radius 1 is 1.28 bits per heavy atom. The van der Waals surface area contributed by atoms with Crippen LogP contribution in [0.4, 0.5) is 0 Å². The molecule has 1 aromatic carbocycles. The Hall–Kier alpha value is -0.940. The Bertz CT molecular complexity index is 499. The number of methoxy groups -OCH3 is 2. The minimum absolute atomic E-state index is 0.440. The molecule has 0 saturated heterocycles. The van der Waals surface area contributed by atoms with Gasteiger partial charge in [0.25, 0.3) is 0 Å². The molecule has 0 aromatic heterocycles. The van der Waals surface area contributed by atoms with Crippen molar-refractivity contribution in [3.05, 3.63) is 23.8 Å². The van der Waals surface area contributed by atoms with Gasteiger partial charge in [0.1, 0.15) is 11.5 Å². The summed E-state index contributed by atoms with van der Waals surface area (Å²) in [5, 5.41) is -0.588. The number of halogens is 1. The first-order valence-electron chi connectivity index (χ1n) is 5.53. The highest BCUT2D eigenvalue weighted by atomic mass is 35.7. The fourth-order valence-electron chi connectivity index (χ4n) is 1.58. The van der Waals surface area contributed by atoms with Crippen molar-refractivity contribution in [3.8, 4) is 11.5 Å². The van der Waals surface area contributed by atoms with Crippen molar-refractivity contribution in [1.82, 2.24) is 0 Å². The van der Waals surface area contributed by atoms with Crippen LogP contribution in [0.25, 0.3) is 0 Å². The smallest absolute Gasteiger partial charge is 0.235 e. The predicted molar refractivity (Wildman–Crippen MR) is 72.1 cm³/mol. The zero-order chi connectivity index (χ0) is 13.8. The maximum atomic E-state index is 11.1. The molecular weight excluding hydrogens is 276 g/mol. The monoisotopic (exact) mass is 292 g/mol. The highest BCUT2D eigenvalue weighted by Gasteiger charge is 2.18. The Morgan fingerprint density at radius 3 is 2.44 bits per heavy atom. The standard InChI is InChI=1S/C12H17ClO4S/c1-9(18(13,14)15)4-5-10-8-11(16-2)6-7-12(10)17-3/h6-9H,4-5H2,1-3H3. The molecule has 0 bridgehead atoms. The molecule has 0 fully saturated rings. The normalized spacial score (nSPS) is 13.1. The molecule has 0 aliphatic carbocycles. The summed E-state index contributed by atoms with van der Waals surface area (Å²) in [4.78, 5) is 0. The minimum atomic E-state index is -3.51. The zero-order valence-electron chi connectivity index (χ0n) is 10.6. The van der Waals surface area contributed by atoms with Crippen LogP contribution in [0.1, 0.15) is 18.9 Å². The SMILES string of the molecule is COc1ccc(OC)c(CCC(C)S(=O)(=O)Cl)c1. The van der Waals surface area contributed by atoms with E-state index in [0.717, 1.165) is 11.3 Å². The molecule has 1 aromatic rings. The first kappa shape index (κ1) is 15.1. The van der Waals surface area contributed by atoms with Crippen LogP contribution in [-0.2, 0) is 15.5 Å². The summed E-state index contributed by atoms with van der Waals surface area (Å²) in [6.45, 7) is 1.59. The zero-order valence-corrected chi connectivity index (χ0v) is 12.2. The quantitative estimate of drug-likeness (QED) is 0.756. The van der Waals surface area contributed by atoms with Crippen molar-refractivity contribution < 1.29 is 17.9 Å². The van der Waals surface area contributed by atoms with E-state index in [0.29, 0.717) is 18.6 Å². The van der Waals surface area contributed by atoms with Crippen molar-refractivity contribution in [2.75, 3.05) is 14.2 Å². The molecule has 0 radical (unpaired) electrons. The fraction of sp³-hybridized carbons (Fsp3) is 0.500. The molecule has 1 unspecified atom stereocenters. The molecule has 6 heteroatoms. The lowest BCUT2D eigenvalue weighted by molar-refractivity contribution is 0.398. The van der Waals surface area contributed by atoms with Crippen molar-refractivity contribution in [2.24, 2.45) is 0 Å². The molecule has 0 spiro atoms. The summed E-state index contributed by atoms with van der Waals surface area (Å²) < 4.78 is 32.6. The van der Waals surface area contributed by atoms with Gasteiger partial charge >= 0.3 is 0 Å². The first-order chi connectivity index (χ1) is 8.38. The Kier molecular flexibility index (Phi) is 5.28. The molecule has 1 atom stereocenters. The largest absolute Gasteiger partial charge is 0.497 e. The highest BCUT2D eigenvalue weighted by Crippen LogP contribution is 2.26. The number of benzene rings is 1. The molecule has 0 amide bonds. The van der Waals surface area contributed by atoms with Crippen LogP contribution in [0, 0.1) is 0 Å². The van der Waals surface area contributed by atoms with E-state index in [-0.39, 0.29) is 0 Å². The Labute approximate surface area is 112 Å². The van der Waals surface area contributed by atoms with Gasteiger partial charge in [-0.25, -0.2) is 8.42 Å². The molecule has 102 valence electrons. The van der Waals surface area contributed by atoms with Crippen LogP contribution in [0.3, 0.4) is 0 Å². The van der Waals surface area contributed by atoms with Crippen LogP contribution in [0.2, 0.25) is 0 Å². The van der Waals surface area contributed by atoms with Gasteiger partial charge in [-0.15, -0.1) is 0 Å². The number of rotatable bonds is 6. The maximum absolute atomic E-state index is 11.1. The van der Waals surface area contributed by atoms with Gasteiger partial charge in [-0.2, -0.15) is 0 Å². The second kappa shape index (κ2) is 6.29. The molecular formula is C12H17ClO4S. The summed E-state index contributed by atoms with van der Waals surface area (Å²) in [5.74, 6) is 1.43. The third-order valence-corrected chi connectivity index (χ3v) is 4.90. The molecule has 0 saturated carbocycles. The van der Waals surface area contributed by atoms with E-state index in [1.54, 1.807) is 33.3 Å². The molecule has 1 rings (SSSR count). The van der Waals surface area contributed by atoms with Crippen LogP contribution < -0.4 is 9.47 Å².